The van der Waals surface area contributed by atoms with Crippen LogP contribution in [0.1, 0.15) is 25.7 Å². The van der Waals surface area contributed by atoms with Gasteiger partial charge in [-0.25, -0.2) is 0 Å². The van der Waals surface area contributed by atoms with Crippen molar-refractivity contribution in [3.8, 4) is 0 Å². The minimum absolute atomic E-state index is 0.0345. The molecule has 2 rings (SSSR count). The topological polar surface area (TPSA) is 45.0 Å². The van der Waals surface area contributed by atoms with E-state index in [1.165, 1.54) is 6.20 Å². The predicted octanol–water partition coefficient (Wildman–Crippen LogP) is 3.68. The van der Waals surface area contributed by atoms with E-state index in [-0.39, 0.29) is 23.9 Å². The quantitative estimate of drug-likeness (QED) is 0.569. The van der Waals surface area contributed by atoms with E-state index in [2.05, 4.69) is 23.4 Å². The zero-order valence-electron chi connectivity index (χ0n) is 13.4. The highest BCUT2D eigenvalue weighted by atomic mass is 19.4. The van der Waals surface area contributed by atoms with Crippen molar-refractivity contribution in [1.82, 2.24) is 4.90 Å². The van der Waals surface area contributed by atoms with Gasteiger partial charge in [-0.3, -0.25) is 14.8 Å². The first kappa shape index (κ1) is 18.2. The first-order chi connectivity index (χ1) is 11.4. The normalized spacial score (nSPS) is 20.3. The molecule has 0 bridgehead atoms. The number of allylic oxidation sites excluding steroid dienone is 4. The van der Waals surface area contributed by atoms with Crippen LogP contribution in [0, 0.1) is 5.92 Å². The molecule has 0 saturated carbocycles. The molecule has 4 nitrogen and oxygen atoms in total. The van der Waals surface area contributed by atoms with Crippen LogP contribution in [-0.4, -0.2) is 43.5 Å². The number of alkyl halides is 3. The molecule has 1 saturated heterocycles. The first-order valence-electron chi connectivity index (χ1n) is 7.77. The number of hydrogen-bond donors (Lipinski definition) is 0. The summed E-state index contributed by atoms with van der Waals surface area (Å²) in [5, 5.41) is 0. The van der Waals surface area contributed by atoms with Crippen LogP contribution >= 0.6 is 0 Å². The molecule has 1 fully saturated rings. The molecule has 0 atom stereocenters. The molecule has 0 spiro atoms. The Hall–Kier alpha value is -2.18. The van der Waals surface area contributed by atoms with E-state index in [1.54, 1.807) is 17.1 Å². The molecule has 1 heterocycles. The number of halogens is 3. The third kappa shape index (κ3) is 4.01. The Morgan fingerprint density at radius 3 is 2.50 bits per heavy atom. The monoisotopic (exact) mass is 339 g/mol. The maximum atomic E-state index is 13.2. The van der Waals surface area contributed by atoms with Crippen LogP contribution in [0.3, 0.4) is 0 Å². The van der Waals surface area contributed by atoms with Crippen molar-refractivity contribution in [3.63, 3.8) is 0 Å². The van der Waals surface area contributed by atoms with Gasteiger partial charge in [-0.1, -0.05) is 12.2 Å². The Bertz CT molecular complexity index is 609. The average Bonchev–Trinajstić information content (AvgIpc) is 2.58. The number of likely N-dealkylation sites (tertiary alicyclic amines) is 1. The van der Waals surface area contributed by atoms with Gasteiger partial charge in [0.15, 0.2) is 0 Å². The molecule has 24 heavy (non-hydrogen) atoms. The van der Waals surface area contributed by atoms with Gasteiger partial charge in [-0.15, -0.1) is 0 Å². The van der Waals surface area contributed by atoms with Gasteiger partial charge >= 0.3 is 6.18 Å². The maximum absolute atomic E-state index is 13.2. The van der Waals surface area contributed by atoms with Gasteiger partial charge in [-0.05, 0) is 50.6 Å². The fraction of sp³-hybridized carbons (Fsp3) is 0.471. The van der Waals surface area contributed by atoms with Crippen LogP contribution in [0.25, 0.3) is 0 Å². The number of nitrogens with zero attached hydrogens (tertiary/aromatic N) is 3. The van der Waals surface area contributed by atoms with E-state index >= 15 is 0 Å². The first-order valence-corrected chi connectivity index (χ1v) is 7.77. The third-order valence-electron chi connectivity index (χ3n) is 4.37. The highest BCUT2D eigenvalue weighted by molar-refractivity contribution is 5.93. The van der Waals surface area contributed by atoms with Gasteiger partial charge in [0.2, 0.25) is 0 Å². The Kier molecular flexibility index (Phi) is 5.75. The molecule has 0 aromatic rings. The highest BCUT2D eigenvalue weighted by Gasteiger charge is 2.38. The smallest absolute Gasteiger partial charge is 0.337 e. The summed E-state index contributed by atoms with van der Waals surface area (Å²) in [6.45, 7) is 7.37. The number of hydrogen-bond acceptors (Lipinski definition) is 3. The van der Waals surface area contributed by atoms with Crippen LogP contribution < -0.4 is 0 Å². The SMILES string of the molecule is C=N/C=C(\N=C)C(=O)N1CCC(C2=C(C(F)(F)F)CCC=C2)CC1. The number of amides is 1. The number of rotatable bonds is 4. The lowest BCUT2D eigenvalue weighted by Crippen LogP contribution is -2.39. The van der Waals surface area contributed by atoms with E-state index < -0.39 is 11.7 Å². The van der Waals surface area contributed by atoms with Gasteiger partial charge in [0.1, 0.15) is 5.70 Å². The van der Waals surface area contributed by atoms with Crippen LogP contribution in [0.15, 0.2) is 45.2 Å². The molecule has 0 N–H and O–H groups in total. The van der Waals surface area contributed by atoms with Crippen molar-refractivity contribution >= 4 is 19.3 Å². The van der Waals surface area contributed by atoms with Gasteiger partial charge in [0, 0.05) is 18.7 Å². The molecular formula is C17H20F3N3O. The standard InChI is InChI=1S/C17H20F3N3O/c1-21-11-15(22-2)16(24)23-9-7-12(8-10-23)13-5-3-4-6-14(13)17(18,19)20/h3,5,11-12H,1-2,4,6-10H2/b15-11-. The Balaban J connectivity index is 2.10. The second kappa shape index (κ2) is 7.59. The average molecular weight is 339 g/mol. The van der Waals surface area contributed by atoms with Crippen LogP contribution in [-0.2, 0) is 4.79 Å². The fourth-order valence-corrected chi connectivity index (χ4v) is 3.18. The number of carbonyl (C=O) groups excluding carboxylic acids is 1. The molecule has 130 valence electrons. The molecule has 0 unspecified atom stereocenters. The van der Waals surface area contributed by atoms with Gasteiger partial charge < -0.3 is 4.90 Å². The van der Waals surface area contributed by atoms with Crippen molar-refractivity contribution in [2.45, 2.75) is 31.9 Å². The molecule has 0 aromatic carbocycles. The summed E-state index contributed by atoms with van der Waals surface area (Å²) in [6, 6.07) is 0. The van der Waals surface area contributed by atoms with Crippen LogP contribution in [0.4, 0.5) is 13.2 Å². The van der Waals surface area contributed by atoms with E-state index in [1.807, 2.05) is 0 Å². The molecule has 1 amide bonds. The van der Waals surface area contributed by atoms with Gasteiger partial charge in [0.05, 0.1) is 6.20 Å². The Labute approximate surface area is 139 Å². The molecule has 0 aromatic heterocycles. The number of piperidine rings is 1. The second-order valence-electron chi connectivity index (χ2n) is 5.79. The molecule has 1 aliphatic heterocycles. The summed E-state index contributed by atoms with van der Waals surface area (Å²) in [7, 11) is 0. The third-order valence-corrected chi connectivity index (χ3v) is 4.37. The van der Waals surface area contributed by atoms with Crippen molar-refractivity contribution in [2.24, 2.45) is 15.9 Å². The van der Waals surface area contributed by atoms with Crippen molar-refractivity contribution in [1.29, 1.82) is 0 Å². The van der Waals surface area contributed by atoms with Crippen LogP contribution in [0.2, 0.25) is 0 Å². The second-order valence-corrected chi connectivity index (χ2v) is 5.79. The summed E-state index contributed by atoms with van der Waals surface area (Å²) in [6.07, 6.45) is 1.79. The zero-order valence-corrected chi connectivity index (χ0v) is 13.4. The van der Waals surface area contributed by atoms with E-state index in [0.717, 1.165) is 0 Å². The minimum atomic E-state index is -4.29. The summed E-state index contributed by atoms with van der Waals surface area (Å²) >= 11 is 0. The van der Waals surface area contributed by atoms with Crippen molar-refractivity contribution < 1.29 is 18.0 Å². The largest absolute Gasteiger partial charge is 0.412 e. The Morgan fingerprint density at radius 1 is 1.29 bits per heavy atom. The van der Waals surface area contributed by atoms with Gasteiger partial charge in [-0.2, -0.15) is 13.2 Å². The zero-order chi connectivity index (χ0) is 17.7. The van der Waals surface area contributed by atoms with E-state index in [9.17, 15) is 18.0 Å². The van der Waals surface area contributed by atoms with Crippen LogP contribution in [0.5, 0.6) is 0 Å². The summed E-state index contributed by atoms with van der Waals surface area (Å²) in [5.74, 6) is -0.496. The Morgan fingerprint density at radius 2 is 1.96 bits per heavy atom. The summed E-state index contributed by atoms with van der Waals surface area (Å²) in [5.41, 5.74) is 0.0569. The minimum Gasteiger partial charge on any atom is -0.337 e. The maximum Gasteiger partial charge on any atom is 0.412 e. The van der Waals surface area contributed by atoms with Gasteiger partial charge in [0.25, 0.3) is 5.91 Å². The highest BCUT2D eigenvalue weighted by Crippen LogP contribution is 2.40. The lowest BCUT2D eigenvalue weighted by molar-refractivity contribution is -0.128. The molecule has 7 heteroatoms. The number of carbonyl (C=O) groups is 1. The number of aliphatic imine (C=N–C) groups is 2. The summed E-state index contributed by atoms with van der Waals surface area (Å²) in [4.78, 5) is 21.0. The predicted molar refractivity (Wildman–Crippen MR) is 87.9 cm³/mol. The summed E-state index contributed by atoms with van der Waals surface area (Å²) < 4.78 is 39.6. The fourth-order valence-electron chi connectivity index (χ4n) is 3.18. The van der Waals surface area contributed by atoms with E-state index in [0.29, 0.717) is 37.9 Å². The molecular weight excluding hydrogens is 319 g/mol. The lowest BCUT2D eigenvalue weighted by Gasteiger charge is -2.34. The lowest BCUT2D eigenvalue weighted by atomic mass is 9.82. The molecule has 2 aliphatic rings. The molecule has 1 aliphatic carbocycles. The van der Waals surface area contributed by atoms with Crippen molar-refractivity contribution in [2.75, 3.05) is 13.1 Å². The molecule has 0 radical (unpaired) electrons. The van der Waals surface area contributed by atoms with E-state index in [4.69, 9.17) is 0 Å². The van der Waals surface area contributed by atoms with Crippen molar-refractivity contribution in [3.05, 3.63) is 35.2 Å².